The van der Waals surface area contributed by atoms with Crippen LogP contribution in [0.2, 0.25) is 10.0 Å². The van der Waals surface area contributed by atoms with Crippen molar-refractivity contribution >= 4 is 35.0 Å². The molecule has 2 aliphatic heterocycles. The zero-order valence-corrected chi connectivity index (χ0v) is 23.4. The summed E-state index contributed by atoms with van der Waals surface area (Å²) < 4.78 is 5.41. The second-order valence-electron chi connectivity index (χ2n) is 10.9. The molecular formula is C30H36Cl2N2O4. The number of hydrogen-bond donors (Lipinski definition) is 1. The van der Waals surface area contributed by atoms with Gasteiger partial charge in [0.1, 0.15) is 0 Å². The summed E-state index contributed by atoms with van der Waals surface area (Å²) >= 11 is 13.4. The van der Waals surface area contributed by atoms with Crippen LogP contribution in [-0.2, 0) is 16.0 Å². The summed E-state index contributed by atoms with van der Waals surface area (Å²) in [5.74, 6) is 0.0912. The van der Waals surface area contributed by atoms with E-state index >= 15 is 0 Å². The van der Waals surface area contributed by atoms with Crippen molar-refractivity contribution in [2.24, 2.45) is 5.92 Å². The van der Waals surface area contributed by atoms with Crippen LogP contribution in [-0.4, -0.2) is 71.7 Å². The summed E-state index contributed by atoms with van der Waals surface area (Å²) in [4.78, 5) is 30.0. The molecule has 2 saturated heterocycles. The second-order valence-corrected chi connectivity index (χ2v) is 11.7. The molecule has 1 N–H and O–H groups in total. The lowest BCUT2D eigenvalue weighted by molar-refractivity contribution is -0.133. The standard InChI is InChI=1S/C30H36Cl2N2O4/c1-38-25-11-13-33(14-12-25)29(36)20-4-2-19(3-5-20)22-17-27(31)26(28(32)18-22)16-21-10-15-34(30(21)37)23-6-8-24(35)9-7-23/h2-5,17-18,21,23-25,35H,6-16H2,1H3/t21-,23?,24?/m0/s1. The second kappa shape index (κ2) is 12.0. The number of aliphatic hydroxyl groups is 1. The van der Waals surface area contributed by atoms with Gasteiger partial charge in [-0.15, -0.1) is 0 Å². The molecule has 3 aliphatic rings. The van der Waals surface area contributed by atoms with E-state index in [9.17, 15) is 14.7 Å². The van der Waals surface area contributed by atoms with E-state index < -0.39 is 0 Å². The molecule has 2 amide bonds. The topological polar surface area (TPSA) is 70.1 Å². The number of methoxy groups -OCH3 is 1. The molecule has 0 bridgehead atoms. The monoisotopic (exact) mass is 558 g/mol. The zero-order chi connectivity index (χ0) is 26.8. The lowest BCUT2D eigenvalue weighted by Crippen LogP contribution is -2.41. The molecule has 8 heteroatoms. The fourth-order valence-electron chi connectivity index (χ4n) is 6.18. The lowest BCUT2D eigenvalue weighted by Gasteiger charge is -2.33. The molecule has 0 aromatic heterocycles. The molecule has 0 spiro atoms. The minimum absolute atomic E-state index is 0.0391. The Morgan fingerprint density at radius 1 is 0.921 bits per heavy atom. The third-order valence-corrected chi connectivity index (χ3v) is 9.25. The number of nitrogens with zero attached hydrogens (tertiary/aromatic N) is 2. The molecule has 2 aromatic rings. The van der Waals surface area contributed by atoms with Gasteiger partial charge in [0.2, 0.25) is 5.91 Å². The van der Waals surface area contributed by atoms with Crippen molar-refractivity contribution in [2.45, 2.75) is 69.6 Å². The summed E-state index contributed by atoms with van der Waals surface area (Å²) in [6.45, 7) is 2.17. The highest BCUT2D eigenvalue weighted by molar-refractivity contribution is 6.36. The summed E-state index contributed by atoms with van der Waals surface area (Å²) in [6, 6.07) is 11.6. The van der Waals surface area contributed by atoms with Crippen LogP contribution in [0.5, 0.6) is 0 Å². The number of benzene rings is 2. The fraction of sp³-hybridized carbons (Fsp3) is 0.533. The molecule has 6 nitrogen and oxygen atoms in total. The molecule has 204 valence electrons. The van der Waals surface area contributed by atoms with Crippen molar-refractivity contribution in [3.63, 3.8) is 0 Å². The first-order chi connectivity index (χ1) is 18.3. The maximum absolute atomic E-state index is 13.2. The smallest absolute Gasteiger partial charge is 0.253 e. The highest BCUT2D eigenvalue weighted by Crippen LogP contribution is 2.37. The molecule has 0 unspecified atom stereocenters. The van der Waals surface area contributed by atoms with E-state index in [1.165, 1.54) is 0 Å². The minimum Gasteiger partial charge on any atom is -0.393 e. The number of likely N-dealkylation sites (tertiary alicyclic amines) is 2. The first-order valence-corrected chi connectivity index (χ1v) is 14.5. The average molecular weight is 560 g/mol. The SMILES string of the molecule is COC1CCN(C(=O)c2ccc(-c3cc(Cl)c(C[C@@H]4CCN(C5CCC(O)CC5)C4=O)c(Cl)c3)cc2)CC1. The number of rotatable bonds is 6. The number of piperidine rings is 1. The molecule has 0 radical (unpaired) electrons. The van der Waals surface area contributed by atoms with Crippen LogP contribution in [0, 0.1) is 5.92 Å². The first kappa shape index (κ1) is 27.4. The van der Waals surface area contributed by atoms with Gasteiger partial charge in [-0.2, -0.15) is 0 Å². The van der Waals surface area contributed by atoms with Crippen LogP contribution >= 0.6 is 23.2 Å². The fourth-order valence-corrected chi connectivity index (χ4v) is 6.82. The maximum Gasteiger partial charge on any atom is 0.253 e. The Kier molecular flexibility index (Phi) is 8.63. The van der Waals surface area contributed by atoms with Gasteiger partial charge >= 0.3 is 0 Å². The Morgan fingerprint density at radius 3 is 2.16 bits per heavy atom. The van der Waals surface area contributed by atoms with Gasteiger partial charge in [0.25, 0.3) is 5.91 Å². The van der Waals surface area contributed by atoms with Gasteiger partial charge in [0, 0.05) is 54.3 Å². The molecule has 2 heterocycles. The van der Waals surface area contributed by atoms with Crippen LogP contribution < -0.4 is 0 Å². The molecule has 1 aliphatic carbocycles. The third-order valence-electron chi connectivity index (χ3n) is 8.58. The molecule has 38 heavy (non-hydrogen) atoms. The number of hydrogen-bond acceptors (Lipinski definition) is 4. The summed E-state index contributed by atoms with van der Waals surface area (Å²) in [6.07, 6.45) is 6.31. The van der Waals surface area contributed by atoms with Crippen molar-refractivity contribution < 1.29 is 19.4 Å². The van der Waals surface area contributed by atoms with Crippen LogP contribution in [0.15, 0.2) is 36.4 Å². The maximum atomic E-state index is 13.2. The van der Waals surface area contributed by atoms with Crippen LogP contribution in [0.3, 0.4) is 0 Å². The quantitative estimate of drug-likeness (QED) is 0.500. The molecule has 3 fully saturated rings. The normalized spacial score (nSPS) is 24.7. The number of ether oxygens (including phenoxy) is 1. The molecule has 1 saturated carbocycles. The summed E-state index contributed by atoms with van der Waals surface area (Å²) in [7, 11) is 1.72. The van der Waals surface area contributed by atoms with Gasteiger partial charge in [-0.3, -0.25) is 9.59 Å². The van der Waals surface area contributed by atoms with Crippen LogP contribution in [0.25, 0.3) is 11.1 Å². The van der Waals surface area contributed by atoms with Gasteiger partial charge < -0.3 is 19.6 Å². The van der Waals surface area contributed by atoms with E-state index in [1.54, 1.807) is 7.11 Å². The van der Waals surface area contributed by atoms with Crippen LogP contribution in [0.1, 0.15) is 60.9 Å². The number of amides is 2. The molecule has 5 rings (SSSR count). The van der Waals surface area contributed by atoms with Crippen molar-refractivity contribution in [1.82, 2.24) is 9.80 Å². The van der Waals surface area contributed by atoms with Gasteiger partial charge in [-0.05, 0) is 92.3 Å². The van der Waals surface area contributed by atoms with E-state index in [4.69, 9.17) is 27.9 Å². The summed E-state index contributed by atoms with van der Waals surface area (Å²) in [5.41, 5.74) is 3.28. The Morgan fingerprint density at radius 2 is 1.55 bits per heavy atom. The Bertz CT molecular complexity index is 1130. The van der Waals surface area contributed by atoms with Crippen molar-refractivity contribution in [3.05, 3.63) is 57.6 Å². The van der Waals surface area contributed by atoms with E-state index in [0.29, 0.717) is 35.1 Å². The zero-order valence-electron chi connectivity index (χ0n) is 21.9. The van der Waals surface area contributed by atoms with Gasteiger partial charge in [0.15, 0.2) is 0 Å². The number of aliphatic hydroxyl groups excluding tert-OH is 1. The van der Waals surface area contributed by atoms with Crippen molar-refractivity contribution in [1.29, 1.82) is 0 Å². The molecule has 2 aromatic carbocycles. The van der Waals surface area contributed by atoms with Crippen LogP contribution in [0.4, 0.5) is 0 Å². The highest BCUT2D eigenvalue weighted by atomic mass is 35.5. The first-order valence-electron chi connectivity index (χ1n) is 13.7. The van der Waals surface area contributed by atoms with Gasteiger partial charge in [0.05, 0.1) is 12.2 Å². The number of carbonyl (C=O) groups is 2. The molecule has 1 atom stereocenters. The molecular weight excluding hydrogens is 523 g/mol. The van der Waals surface area contributed by atoms with E-state index in [1.807, 2.05) is 46.2 Å². The Balaban J connectivity index is 1.23. The van der Waals surface area contributed by atoms with E-state index in [-0.39, 0.29) is 36.0 Å². The highest BCUT2D eigenvalue weighted by Gasteiger charge is 2.37. The average Bonchev–Trinajstić information content (AvgIpc) is 3.30. The van der Waals surface area contributed by atoms with E-state index in [0.717, 1.165) is 68.2 Å². The number of carbonyl (C=O) groups excluding carboxylic acids is 2. The Hall–Kier alpha value is -2.12. The van der Waals surface area contributed by atoms with Gasteiger partial charge in [-0.25, -0.2) is 0 Å². The minimum atomic E-state index is -0.230. The third kappa shape index (κ3) is 5.89. The predicted octanol–water partition coefficient (Wildman–Crippen LogP) is 5.61. The lowest BCUT2D eigenvalue weighted by atomic mass is 9.92. The Labute approximate surface area is 234 Å². The summed E-state index contributed by atoms with van der Waals surface area (Å²) in [5, 5.41) is 10.9. The number of halogens is 2. The predicted molar refractivity (Wildman–Crippen MR) is 150 cm³/mol. The van der Waals surface area contributed by atoms with Gasteiger partial charge in [-0.1, -0.05) is 35.3 Å². The van der Waals surface area contributed by atoms with Crippen molar-refractivity contribution in [2.75, 3.05) is 26.7 Å². The van der Waals surface area contributed by atoms with E-state index in [2.05, 4.69) is 0 Å². The largest absolute Gasteiger partial charge is 0.393 e. The van der Waals surface area contributed by atoms with Crippen molar-refractivity contribution in [3.8, 4) is 11.1 Å².